The maximum atomic E-state index is 13.4. The molecular weight excluding hydrogens is 261 g/mol. The maximum absolute atomic E-state index is 13.4. The normalized spacial score (nSPS) is 17.6. The van der Waals surface area contributed by atoms with Gasteiger partial charge in [0, 0.05) is 12.8 Å². The van der Waals surface area contributed by atoms with Crippen LogP contribution in [0.2, 0.25) is 0 Å². The van der Waals surface area contributed by atoms with E-state index in [1.54, 1.807) is 26.0 Å². The van der Waals surface area contributed by atoms with Crippen LogP contribution < -0.4 is 0 Å². The number of benzene rings is 1. The fraction of sp³-hybridized carbons (Fsp3) is 0.400. The smallest absolute Gasteiger partial charge is 0.235 e. The summed E-state index contributed by atoms with van der Waals surface area (Å²) in [7, 11) is 0. The zero-order chi connectivity index (χ0) is 14.9. The Balaban J connectivity index is 2.04. The first-order chi connectivity index (χ1) is 9.31. The summed E-state index contributed by atoms with van der Waals surface area (Å²) in [6.07, 6.45) is -0.0109. The van der Waals surface area contributed by atoms with Crippen LogP contribution in [0.25, 0.3) is 0 Å². The summed E-state index contributed by atoms with van der Waals surface area (Å²) in [4.78, 5) is 36.6. The van der Waals surface area contributed by atoms with Crippen molar-refractivity contribution in [2.24, 2.45) is 5.41 Å². The van der Waals surface area contributed by atoms with Crippen molar-refractivity contribution >= 4 is 17.6 Å². The van der Waals surface area contributed by atoms with Crippen molar-refractivity contribution in [1.82, 2.24) is 4.90 Å². The van der Waals surface area contributed by atoms with Gasteiger partial charge in [0.2, 0.25) is 11.8 Å². The molecule has 1 fully saturated rings. The first-order valence-electron chi connectivity index (χ1n) is 6.41. The van der Waals surface area contributed by atoms with Crippen molar-refractivity contribution in [3.05, 3.63) is 35.6 Å². The molecule has 0 aromatic heterocycles. The predicted octanol–water partition coefficient (Wildman–Crippen LogP) is 1.72. The monoisotopic (exact) mass is 277 g/mol. The summed E-state index contributed by atoms with van der Waals surface area (Å²) in [5, 5.41) is 0. The molecule has 2 rings (SSSR count). The van der Waals surface area contributed by atoms with Crippen molar-refractivity contribution < 1.29 is 18.8 Å². The Morgan fingerprint density at radius 1 is 1.30 bits per heavy atom. The number of imide groups is 1. The van der Waals surface area contributed by atoms with E-state index in [2.05, 4.69) is 0 Å². The highest BCUT2D eigenvalue weighted by atomic mass is 19.1. The molecule has 20 heavy (non-hydrogen) atoms. The first-order valence-corrected chi connectivity index (χ1v) is 6.41. The Labute approximate surface area is 116 Å². The predicted molar refractivity (Wildman–Crippen MR) is 70.2 cm³/mol. The fourth-order valence-electron chi connectivity index (χ4n) is 2.27. The molecule has 106 valence electrons. The van der Waals surface area contributed by atoms with E-state index in [0.29, 0.717) is 0 Å². The van der Waals surface area contributed by atoms with Crippen LogP contribution in [0.4, 0.5) is 4.39 Å². The number of likely N-dealkylation sites (tertiary alicyclic amines) is 1. The third-order valence-corrected chi connectivity index (χ3v) is 3.40. The highest BCUT2D eigenvalue weighted by Gasteiger charge is 2.45. The second-order valence-electron chi connectivity index (χ2n) is 5.65. The Morgan fingerprint density at radius 2 is 1.95 bits per heavy atom. The minimum atomic E-state index is -0.755. The van der Waals surface area contributed by atoms with Gasteiger partial charge >= 0.3 is 0 Å². The number of carbonyl (C=O) groups excluding carboxylic acids is 3. The number of nitrogens with zero attached hydrogens (tertiary/aromatic N) is 1. The Hall–Kier alpha value is -2.04. The molecule has 1 saturated heterocycles. The number of hydrogen-bond acceptors (Lipinski definition) is 3. The van der Waals surface area contributed by atoms with Gasteiger partial charge in [-0.1, -0.05) is 32.0 Å². The zero-order valence-electron chi connectivity index (χ0n) is 11.5. The Morgan fingerprint density at radius 3 is 2.50 bits per heavy atom. The Bertz CT molecular complexity index is 580. The largest absolute Gasteiger partial charge is 0.297 e. The van der Waals surface area contributed by atoms with E-state index < -0.39 is 11.2 Å². The van der Waals surface area contributed by atoms with Crippen LogP contribution in [0.5, 0.6) is 0 Å². The molecule has 0 spiro atoms. The minimum Gasteiger partial charge on any atom is -0.297 e. The van der Waals surface area contributed by atoms with Crippen molar-refractivity contribution in [3.63, 3.8) is 0 Å². The number of ketones is 1. The van der Waals surface area contributed by atoms with Gasteiger partial charge in [-0.05, 0) is 11.6 Å². The summed E-state index contributed by atoms with van der Waals surface area (Å²) in [5.41, 5.74) is -0.481. The summed E-state index contributed by atoms with van der Waals surface area (Å²) >= 11 is 0. The number of amides is 2. The highest BCUT2D eigenvalue weighted by Crippen LogP contribution is 2.31. The van der Waals surface area contributed by atoms with Crippen LogP contribution in [0.15, 0.2) is 24.3 Å². The maximum Gasteiger partial charge on any atom is 0.235 e. The summed E-state index contributed by atoms with van der Waals surface area (Å²) < 4.78 is 13.4. The van der Waals surface area contributed by atoms with E-state index in [4.69, 9.17) is 0 Å². The van der Waals surface area contributed by atoms with Crippen molar-refractivity contribution in [1.29, 1.82) is 0 Å². The lowest BCUT2D eigenvalue weighted by atomic mass is 9.92. The lowest BCUT2D eigenvalue weighted by Gasteiger charge is -2.17. The van der Waals surface area contributed by atoms with Crippen molar-refractivity contribution in [2.45, 2.75) is 26.7 Å². The van der Waals surface area contributed by atoms with Gasteiger partial charge in [0.25, 0.3) is 0 Å². The van der Waals surface area contributed by atoms with E-state index in [1.807, 2.05) is 0 Å². The summed E-state index contributed by atoms with van der Waals surface area (Å²) in [6, 6.07) is 5.98. The summed E-state index contributed by atoms with van der Waals surface area (Å²) in [5.74, 6) is -1.50. The highest BCUT2D eigenvalue weighted by molar-refractivity contribution is 6.07. The van der Waals surface area contributed by atoms with E-state index >= 15 is 0 Å². The fourth-order valence-corrected chi connectivity index (χ4v) is 2.27. The quantitative estimate of drug-likeness (QED) is 0.787. The van der Waals surface area contributed by atoms with Crippen molar-refractivity contribution in [3.8, 4) is 0 Å². The van der Waals surface area contributed by atoms with Gasteiger partial charge in [0.15, 0.2) is 5.78 Å². The van der Waals surface area contributed by atoms with Gasteiger partial charge in [-0.2, -0.15) is 0 Å². The lowest BCUT2D eigenvalue weighted by molar-refractivity contribution is -0.143. The number of hydrogen-bond donors (Lipinski definition) is 0. The molecule has 0 bridgehead atoms. The molecule has 4 nitrogen and oxygen atoms in total. The van der Waals surface area contributed by atoms with Crippen LogP contribution >= 0.6 is 0 Å². The average Bonchev–Trinajstić information content (AvgIpc) is 2.55. The van der Waals surface area contributed by atoms with Gasteiger partial charge < -0.3 is 0 Å². The molecule has 0 atom stereocenters. The second-order valence-corrected chi connectivity index (χ2v) is 5.65. The van der Waals surface area contributed by atoms with E-state index in [1.165, 1.54) is 12.1 Å². The van der Waals surface area contributed by atoms with Gasteiger partial charge in [0.1, 0.15) is 5.82 Å². The van der Waals surface area contributed by atoms with Crippen LogP contribution in [0.1, 0.15) is 25.8 Å². The SMILES string of the molecule is CC1(C)CC(=O)N(CC(=O)Cc2ccccc2F)C1=O. The lowest BCUT2D eigenvalue weighted by Crippen LogP contribution is -2.37. The molecule has 5 heteroatoms. The van der Waals surface area contributed by atoms with Crippen LogP contribution in [0, 0.1) is 11.2 Å². The number of rotatable bonds is 4. The van der Waals surface area contributed by atoms with Gasteiger partial charge in [-0.15, -0.1) is 0 Å². The molecule has 0 N–H and O–H groups in total. The number of halogens is 1. The van der Waals surface area contributed by atoms with Crippen molar-refractivity contribution in [2.75, 3.05) is 6.54 Å². The molecular formula is C15H16FNO3. The van der Waals surface area contributed by atoms with E-state index in [-0.39, 0.29) is 42.5 Å². The molecule has 1 aromatic rings. The topological polar surface area (TPSA) is 54.5 Å². The van der Waals surface area contributed by atoms with Crippen LogP contribution in [-0.2, 0) is 20.8 Å². The van der Waals surface area contributed by atoms with E-state index in [9.17, 15) is 18.8 Å². The molecule has 1 aliphatic heterocycles. The van der Waals surface area contributed by atoms with Crippen LogP contribution in [-0.4, -0.2) is 29.0 Å². The third-order valence-electron chi connectivity index (χ3n) is 3.40. The molecule has 0 radical (unpaired) electrons. The standard InChI is InChI=1S/C15H16FNO3/c1-15(2)8-13(19)17(14(15)20)9-11(18)7-10-5-3-4-6-12(10)16/h3-6H,7-9H2,1-2H3. The number of Topliss-reactive ketones (excluding diaryl/α,β-unsaturated/α-hetero) is 1. The third kappa shape index (κ3) is 2.76. The molecule has 1 aliphatic rings. The summed E-state index contributed by atoms with van der Waals surface area (Å²) in [6.45, 7) is 3.07. The molecule has 1 aromatic carbocycles. The van der Waals surface area contributed by atoms with Gasteiger partial charge in [-0.3, -0.25) is 19.3 Å². The minimum absolute atomic E-state index is 0.110. The molecule has 0 saturated carbocycles. The molecule has 2 amide bonds. The van der Waals surface area contributed by atoms with Crippen LogP contribution in [0.3, 0.4) is 0 Å². The number of carbonyl (C=O) groups is 3. The average molecular weight is 277 g/mol. The second kappa shape index (κ2) is 5.15. The molecule has 0 aliphatic carbocycles. The van der Waals surface area contributed by atoms with Gasteiger partial charge in [0.05, 0.1) is 12.0 Å². The van der Waals surface area contributed by atoms with E-state index in [0.717, 1.165) is 4.90 Å². The Kier molecular flexibility index (Phi) is 3.70. The zero-order valence-corrected chi connectivity index (χ0v) is 11.5. The first kappa shape index (κ1) is 14.4. The molecule has 0 unspecified atom stereocenters. The molecule has 1 heterocycles. The van der Waals surface area contributed by atoms with Gasteiger partial charge in [-0.25, -0.2) is 4.39 Å².